The molecule has 12 heavy (non-hydrogen) atoms. The van der Waals surface area contributed by atoms with Gasteiger partial charge in [-0.15, -0.1) is 0 Å². The molecule has 0 saturated carbocycles. The zero-order valence-electron chi connectivity index (χ0n) is 8.19. The van der Waals surface area contributed by atoms with E-state index in [4.69, 9.17) is 4.74 Å². The molecule has 0 radical (unpaired) electrons. The Labute approximate surface area is 80.2 Å². The molecule has 4 heteroatoms. The normalized spacial score (nSPS) is 8.92. The Morgan fingerprint density at radius 2 is 1.92 bits per heavy atom. The van der Waals surface area contributed by atoms with Crippen molar-refractivity contribution in [3.63, 3.8) is 0 Å². The number of carbonyl (C=O) groups excluding carboxylic acids is 1. The Hall–Kier alpha value is -0.540. The molecule has 0 aromatic rings. The van der Waals surface area contributed by atoms with Crippen LogP contribution in [-0.2, 0) is 9.53 Å². The molecular formula is C8H18ClNO2. The highest BCUT2D eigenvalue weighted by atomic mass is 35.5. The molecule has 0 aromatic heterocycles. The standard InChI is InChI=1S/C8H14O2.ClH.H3N/c1-5-7(9)10-6-8(2,3)4;;/h5H,1,6H2,2-4H3;1H;1H3. The molecule has 4 N–H and O–H groups in total. The number of carbonyl (C=O) groups is 1. The van der Waals surface area contributed by atoms with E-state index in [1.54, 1.807) is 0 Å². The molecule has 0 amide bonds. The predicted molar refractivity (Wildman–Crippen MR) is 46.6 cm³/mol. The SMILES string of the molecule is C=CC(=O)OCC(C)(C)C.[Cl-].[NH4+]. The van der Waals surface area contributed by atoms with Crippen molar-refractivity contribution in [2.24, 2.45) is 5.41 Å². The van der Waals surface area contributed by atoms with Gasteiger partial charge in [0, 0.05) is 6.08 Å². The van der Waals surface area contributed by atoms with Gasteiger partial charge in [0.2, 0.25) is 0 Å². The van der Waals surface area contributed by atoms with Crippen LogP contribution in [0.4, 0.5) is 0 Å². The van der Waals surface area contributed by atoms with Gasteiger partial charge in [0.05, 0.1) is 6.61 Å². The molecule has 0 aromatic carbocycles. The minimum atomic E-state index is -0.352. The van der Waals surface area contributed by atoms with Gasteiger partial charge in [-0.05, 0) is 5.41 Å². The van der Waals surface area contributed by atoms with Crippen molar-refractivity contribution in [3.05, 3.63) is 12.7 Å². The highest BCUT2D eigenvalue weighted by molar-refractivity contribution is 5.81. The Kier molecular flexibility index (Phi) is 10.4. The first-order chi connectivity index (χ1) is 4.45. The first kappa shape index (κ1) is 17.5. The van der Waals surface area contributed by atoms with Crippen LogP contribution in [0, 0.1) is 5.41 Å². The maximum Gasteiger partial charge on any atom is 0.330 e. The molecule has 74 valence electrons. The summed E-state index contributed by atoms with van der Waals surface area (Å²) in [6, 6.07) is 0. The van der Waals surface area contributed by atoms with Gasteiger partial charge in [-0.25, -0.2) is 4.79 Å². The average molecular weight is 196 g/mol. The number of rotatable bonds is 2. The van der Waals surface area contributed by atoms with Crippen LogP contribution < -0.4 is 18.6 Å². The van der Waals surface area contributed by atoms with Crippen LogP contribution in [0.3, 0.4) is 0 Å². The Morgan fingerprint density at radius 3 is 2.17 bits per heavy atom. The number of halogens is 1. The van der Waals surface area contributed by atoms with Gasteiger partial charge in [-0.2, -0.15) is 0 Å². The summed E-state index contributed by atoms with van der Waals surface area (Å²) in [4.78, 5) is 10.5. The summed E-state index contributed by atoms with van der Waals surface area (Å²) < 4.78 is 4.80. The number of hydrogen-bond acceptors (Lipinski definition) is 2. The van der Waals surface area contributed by atoms with E-state index in [-0.39, 0.29) is 29.9 Å². The van der Waals surface area contributed by atoms with Gasteiger partial charge in [-0.3, -0.25) is 0 Å². The fourth-order valence-electron chi connectivity index (χ4n) is 0.347. The fraction of sp³-hybridized carbons (Fsp3) is 0.625. The lowest BCUT2D eigenvalue weighted by Crippen LogP contribution is -3.00. The minimum absolute atomic E-state index is 0. The van der Waals surface area contributed by atoms with Crippen molar-refractivity contribution in [2.45, 2.75) is 20.8 Å². The number of ether oxygens (including phenoxy) is 1. The van der Waals surface area contributed by atoms with E-state index in [1.165, 1.54) is 6.08 Å². The van der Waals surface area contributed by atoms with Crippen LogP contribution in [0.5, 0.6) is 0 Å². The van der Waals surface area contributed by atoms with Gasteiger partial charge in [-0.1, -0.05) is 27.4 Å². The topological polar surface area (TPSA) is 62.8 Å². The maximum absolute atomic E-state index is 10.5. The molecule has 0 aliphatic rings. The second kappa shape index (κ2) is 7.13. The summed E-state index contributed by atoms with van der Waals surface area (Å²) in [5.41, 5.74) is 0.0403. The van der Waals surface area contributed by atoms with Crippen LogP contribution in [0.15, 0.2) is 12.7 Å². The van der Waals surface area contributed by atoms with E-state index < -0.39 is 0 Å². The van der Waals surface area contributed by atoms with Gasteiger partial charge in [0.15, 0.2) is 0 Å². The van der Waals surface area contributed by atoms with Crippen molar-refractivity contribution in [3.8, 4) is 0 Å². The smallest absolute Gasteiger partial charge is 0.330 e. The molecule has 0 rings (SSSR count). The third-order valence-electron chi connectivity index (χ3n) is 0.814. The number of esters is 1. The van der Waals surface area contributed by atoms with Gasteiger partial charge >= 0.3 is 5.97 Å². The van der Waals surface area contributed by atoms with E-state index in [9.17, 15) is 4.79 Å². The number of hydrogen-bond donors (Lipinski definition) is 1. The summed E-state index contributed by atoms with van der Waals surface area (Å²) in [6.07, 6.45) is 1.17. The second-order valence-corrected chi connectivity index (χ2v) is 3.37. The first-order valence-electron chi connectivity index (χ1n) is 3.25. The molecule has 0 bridgehead atoms. The van der Waals surface area contributed by atoms with Crippen LogP contribution in [-0.4, -0.2) is 12.6 Å². The van der Waals surface area contributed by atoms with Crippen molar-refractivity contribution in [1.82, 2.24) is 6.15 Å². The Balaban J connectivity index is -0.000000405. The van der Waals surface area contributed by atoms with Crippen molar-refractivity contribution in [1.29, 1.82) is 0 Å². The van der Waals surface area contributed by atoms with Gasteiger partial charge in [0.25, 0.3) is 0 Å². The molecule has 0 aliphatic carbocycles. The van der Waals surface area contributed by atoms with Gasteiger partial charge < -0.3 is 23.3 Å². The Bertz CT molecular complexity index is 140. The van der Waals surface area contributed by atoms with Crippen molar-refractivity contribution >= 4 is 5.97 Å². The Morgan fingerprint density at radius 1 is 1.50 bits per heavy atom. The van der Waals surface area contributed by atoms with Crippen LogP contribution in [0.25, 0.3) is 0 Å². The van der Waals surface area contributed by atoms with E-state index in [0.29, 0.717) is 6.61 Å². The van der Waals surface area contributed by atoms with Crippen molar-refractivity contribution < 1.29 is 21.9 Å². The van der Waals surface area contributed by atoms with E-state index in [1.807, 2.05) is 20.8 Å². The molecule has 0 atom stereocenters. The summed E-state index contributed by atoms with van der Waals surface area (Å²) >= 11 is 0. The predicted octanol–water partition coefficient (Wildman–Crippen LogP) is -0.858. The summed E-state index contributed by atoms with van der Waals surface area (Å²) in [5.74, 6) is -0.352. The second-order valence-electron chi connectivity index (χ2n) is 3.37. The summed E-state index contributed by atoms with van der Waals surface area (Å²) in [5, 5.41) is 0. The molecule has 3 nitrogen and oxygen atoms in total. The molecule has 0 heterocycles. The molecule has 0 spiro atoms. The first-order valence-corrected chi connectivity index (χ1v) is 3.25. The monoisotopic (exact) mass is 195 g/mol. The molecule has 0 unspecified atom stereocenters. The van der Waals surface area contributed by atoms with E-state index in [2.05, 4.69) is 6.58 Å². The molecule has 0 aliphatic heterocycles. The van der Waals surface area contributed by atoms with E-state index >= 15 is 0 Å². The van der Waals surface area contributed by atoms with Crippen LogP contribution in [0.2, 0.25) is 0 Å². The van der Waals surface area contributed by atoms with Crippen molar-refractivity contribution in [2.75, 3.05) is 6.61 Å². The third-order valence-corrected chi connectivity index (χ3v) is 0.814. The average Bonchev–Trinajstić information content (AvgIpc) is 1.81. The fourth-order valence-corrected chi connectivity index (χ4v) is 0.347. The lowest BCUT2D eigenvalue weighted by molar-refractivity contribution is -0.140. The van der Waals surface area contributed by atoms with Gasteiger partial charge in [0.1, 0.15) is 0 Å². The van der Waals surface area contributed by atoms with Crippen LogP contribution in [0.1, 0.15) is 20.8 Å². The molecule has 0 saturated heterocycles. The third kappa shape index (κ3) is 12.2. The zero-order valence-corrected chi connectivity index (χ0v) is 8.94. The zero-order chi connectivity index (χ0) is 8.20. The largest absolute Gasteiger partial charge is 1.00 e. The quantitative estimate of drug-likeness (QED) is 0.461. The highest BCUT2D eigenvalue weighted by Gasteiger charge is 2.11. The van der Waals surface area contributed by atoms with E-state index in [0.717, 1.165) is 0 Å². The molecular weight excluding hydrogens is 178 g/mol. The summed E-state index contributed by atoms with van der Waals surface area (Å²) in [6.45, 7) is 9.74. The molecule has 0 fully saturated rings. The number of quaternary nitrogens is 1. The van der Waals surface area contributed by atoms with Crippen LogP contribution >= 0.6 is 0 Å². The highest BCUT2D eigenvalue weighted by Crippen LogP contribution is 2.12. The lowest BCUT2D eigenvalue weighted by atomic mass is 9.99. The minimum Gasteiger partial charge on any atom is -1.00 e. The summed E-state index contributed by atoms with van der Waals surface area (Å²) in [7, 11) is 0. The lowest BCUT2D eigenvalue weighted by Gasteiger charge is -2.16. The maximum atomic E-state index is 10.5.